The average Bonchev–Trinajstić information content (AvgIpc) is 2.49. The molecule has 0 radical (unpaired) electrons. The molecule has 2 rings (SSSR count). The lowest BCUT2D eigenvalue weighted by Crippen LogP contribution is -2.08. The van der Waals surface area contributed by atoms with Crippen molar-refractivity contribution < 1.29 is 9.53 Å². The Balaban J connectivity index is 1.89. The Morgan fingerprint density at radius 2 is 1.80 bits per heavy atom. The second kappa shape index (κ2) is 7.10. The first kappa shape index (κ1) is 13.8. The molecule has 0 amide bonds. The minimum atomic E-state index is -0.347. The van der Waals surface area contributed by atoms with Gasteiger partial charge in [-0.1, -0.05) is 42.5 Å². The van der Waals surface area contributed by atoms with Crippen LogP contribution in [0.15, 0.2) is 54.6 Å². The number of rotatable bonds is 5. The molecule has 0 N–H and O–H groups in total. The molecule has 20 heavy (non-hydrogen) atoms. The fourth-order valence-corrected chi connectivity index (χ4v) is 1.89. The lowest BCUT2D eigenvalue weighted by Gasteiger charge is -2.06. The van der Waals surface area contributed by atoms with Gasteiger partial charge in [-0.2, -0.15) is 5.26 Å². The molecule has 0 atom stereocenters. The summed E-state index contributed by atoms with van der Waals surface area (Å²) in [5, 5.41) is 8.65. The summed E-state index contributed by atoms with van der Waals surface area (Å²) in [5.41, 5.74) is 2.45. The van der Waals surface area contributed by atoms with Crippen LogP contribution in [0.1, 0.15) is 21.5 Å². The SMILES string of the molecule is N#CCc1cccc(C(=O)OCCc2ccccc2)c1. The maximum absolute atomic E-state index is 11.9. The first-order chi connectivity index (χ1) is 9.79. The summed E-state index contributed by atoms with van der Waals surface area (Å²) in [5.74, 6) is -0.347. The van der Waals surface area contributed by atoms with Gasteiger partial charge in [0.25, 0.3) is 0 Å². The van der Waals surface area contributed by atoms with Gasteiger partial charge in [0.1, 0.15) is 0 Å². The normalized spacial score (nSPS) is 9.75. The van der Waals surface area contributed by atoms with Crippen LogP contribution < -0.4 is 0 Å². The smallest absolute Gasteiger partial charge is 0.338 e. The van der Waals surface area contributed by atoms with Crippen LogP contribution in [0.25, 0.3) is 0 Å². The van der Waals surface area contributed by atoms with Crippen molar-refractivity contribution in [3.05, 3.63) is 71.3 Å². The monoisotopic (exact) mass is 265 g/mol. The summed E-state index contributed by atoms with van der Waals surface area (Å²) in [6.07, 6.45) is 0.996. The predicted octanol–water partition coefficient (Wildman–Crippen LogP) is 3.15. The minimum Gasteiger partial charge on any atom is -0.462 e. The highest BCUT2D eigenvalue weighted by molar-refractivity contribution is 5.89. The van der Waals surface area contributed by atoms with Crippen LogP contribution in [0.4, 0.5) is 0 Å². The molecule has 3 nitrogen and oxygen atoms in total. The van der Waals surface area contributed by atoms with E-state index in [1.807, 2.05) is 36.4 Å². The zero-order valence-electron chi connectivity index (χ0n) is 11.1. The molecule has 0 aliphatic heterocycles. The number of nitriles is 1. The van der Waals surface area contributed by atoms with Crippen molar-refractivity contribution in [1.29, 1.82) is 5.26 Å². The molecule has 0 aliphatic rings. The van der Waals surface area contributed by atoms with Crippen molar-refractivity contribution in [2.24, 2.45) is 0 Å². The van der Waals surface area contributed by atoms with Crippen LogP contribution in [0.3, 0.4) is 0 Å². The zero-order chi connectivity index (χ0) is 14.2. The lowest BCUT2D eigenvalue weighted by atomic mass is 10.1. The third-order valence-electron chi connectivity index (χ3n) is 2.91. The molecule has 100 valence electrons. The molecule has 0 unspecified atom stereocenters. The number of carbonyl (C=O) groups is 1. The first-order valence-corrected chi connectivity index (χ1v) is 6.46. The van der Waals surface area contributed by atoms with E-state index in [1.165, 1.54) is 0 Å². The van der Waals surface area contributed by atoms with E-state index in [4.69, 9.17) is 10.00 Å². The van der Waals surface area contributed by atoms with Crippen molar-refractivity contribution in [2.75, 3.05) is 6.61 Å². The van der Waals surface area contributed by atoms with Crippen molar-refractivity contribution in [3.8, 4) is 6.07 Å². The Bertz CT molecular complexity index is 614. The second-order valence-electron chi connectivity index (χ2n) is 4.41. The lowest BCUT2D eigenvalue weighted by molar-refractivity contribution is 0.0509. The summed E-state index contributed by atoms with van der Waals surface area (Å²) in [6, 6.07) is 18.9. The van der Waals surface area contributed by atoms with Gasteiger partial charge < -0.3 is 4.74 Å². The van der Waals surface area contributed by atoms with Crippen LogP contribution in [0.5, 0.6) is 0 Å². The van der Waals surface area contributed by atoms with Crippen molar-refractivity contribution in [3.63, 3.8) is 0 Å². The summed E-state index contributed by atoms with van der Waals surface area (Å²) >= 11 is 0. The molecule has 0 bridgehead atoms. The van der Waals surface area contributed by atoms with Crippen molar-refractivity contribution >= 4 is 5.97 Å². The first-order valence-electron chi connectivity index (χ1n) is 6.46. The van der Waals surface area contributed by atoms with Gasteiger partial charge in [-0.15, -0.1) is 0 Å². The Hall–Kier alpha value is -2.60. The van der Waals surface area contributed by atoms with E-state index in [0.29, 0.717) is 25.0 Å². The third kappa shape index (κ3) is 3.96. The minimum absolute atomic E-state index is 0.297. The molecule has 0 saturated heterocycles. The summed E-state index contributed by atoms with van der Waals surface area (Å²) in [6.45, 7) is 0.353. The van der Waals surface area contributed by atoms with Crippen LogP contribution in [-0.4, -0.2) is 12.6 Å². The number of carbonyl (C=O) groups excluding carboxylic acids is 1. The van der Waals surface area contributed by atoms with Crippen molar-refractivity contribution in [2.45, 2.75) is 12.8 Å². The molecule has 3 heteroatoms. The van der Waals surface area contributed by atoms with Crippen LogP contribution >= 0.6 is 0 Å². The maximum Gasteiger partial charge on any atom is 0.338 e. The number of benzene rings is 2. The summed E-state index contributed by atoms with van der Waals surface area (Å²) < 4.78 is 5.24. The van der Waals surface area contributed by atoms with Gasteiger partial charge in [-0.3, -0.25) is 0 Å². The number of nitrogens with zero attached hydrogens (tertiary/aromatic N) is 1. The van der Waals surface area contributed by atoms with Crippen LogP contribution in [-0.2, 0) is 17.6 Å². The fourth-order valence-electron chi connectivity index (χ4n) is 1.89. The van der Waals surface area contributed by atoms with E-state index in [0.717, 1.165) is 11.1 Å². The fraction of sp³-hybridized carbons (Fsp3) is 0.176. The summed E-state index contributed by atoms with van der Waals surface area (Å²) in [7, 11) is 0. The Kier molecular flexibility index (Phi) is 4.91. The molecule has 0 aliphatic carbocycles. The molecule has 2 aromatic rings. The van der Waals surface area contributed by atoms with E-state index in [1.54, 1.807) is 18.2 Å². The van der Waals surface area contributed by atoms with E-state index < -0.39 is 0 Å². The number of hydrogen-bond donors (Lipinski definition) is 0. The van der Waals surface area contributed by atoms with Gasteiger partial charge in [-0.05, 0) is 23.3 Å². The Morgan fingerprint density at radius 3 is 2.55 bits per heavy atom. The van der Waals surface area contributed by atoms with Gasteiger partial charge in [-0.25, -0.2) is 4.79 Å². The Morgan fingerprint density at radius 1 is 1.05 bits per heavy atom. The van der Waals surface area contributed by atoms with Gasteiger partial charge >= 0.3 is 5.97 Å². The van der Waals surface area contributed by atoms with E-state index in [2.05, 4.69) is 6.07 Å². The number of hydrogen-bond acceptors (Lipinski definition) is 3. The topological polar surface area (TPSA) is 50.1 Å². The van der Waals surface area contributed by atoms with Crippen LogP contribution in [0.2, 0.25) is 0 Å². The van der Waals surface area contributed by atoms with Gasteiger partial charge in [0, 0.05) is 6.42 Å². The number of esters is 1. The molecule has 0 aromatic heterocycles. The predicted molar refractivity (Wildman–Crippen MR) is 76.2 cm³/mol. The number of ether oxygens (including phenoxy) is 1. The second-order valence-corrected chi connectivity index (χ2v) is 4.41. The van der Waals surface area contributed by atoms with E-state index in [9.17, 15) is 4.79 Å². The molecule has 0 spiro atoms. The third-order valence-corrected chi connectivity index (χ3v) is 2.91. The quantitative estimate of drug-likeness (QED) is 0.780. The van der Waals surface area contributed by atoms with Gasteiger partial charge in [0.05, 0.1) is 24.7 Å². The summed E-state index contributed by atoms with van der Waals surface area (Å²) in [4.78, 5) is 11.9. The highest BCUT2D eigenvalue weighted by Crippen LogP contribution is 2.08. The molecule has 0 fully saturated rings. The van der Waals surface area contributed by atoms with E-state index in [-0.39, 0.29) is 5.97 Å². The zero-order valence-corrected chi connectivity index (χ0v) is 11.1. The molecule has 0 heterocycles. The van der Waals surface area contributed by atoms with Crippen molar-refractivity contribution in [1.82, 2.24) is 0 Å². The highest BCUT2D eigenvalue weighted by atomic mass is 16.5. The van der Waals surface area contributed by atoms with Crippen LogP contribution in [0, 0.1) is 11.3 Å². The van der Waals surface area contributed by atoms with E-state index >= 15 is 0 Å². The molecule has 0 saturated carbocycles. The molecular weight excluding hydrogens is 250 g/mol. The Labute approximate surface area is 118 Å². The average molecular weight is 265 g/mol. The standard InChI is InChI=1S/C17H15NO2/c18-11-9-15-7-4-8-16(13-15)17(19)20-12-10-14-5-2-1-3-6-14/h1-8,13H,9-10,12H2. The molecule has 2 aromatic carbocycles. The van der Waals surface area contributed by atoms with Gasteiger partial charge in [0.2, 0.25) is 0 Å². The maximum atomic E-state index is 11.9. The van der Waals surface area contributed by atoms with Gasteiger partial charge in [0.15, 0.2) is 0 Å². The highest BCUT2D eigenvalue weighted by Gasteiger charge is 2.07. The molecular formula is C17H15NO2. The largest absolute Gasteiger partial charge is 0.462 e.